The standard InChI is InChI=1S/C24H26F2N2O3/c25-19-5-1-17(2-6-19)23(9-10-23)15-27-21(29)13-31-14-22(30)28-16-24(11-12-24)18-3-7-20(26)8-4-18/h1-8H,9-16H2,(H,27,29)(H,28,30). The SMILES string of the molecule is O=C(COCC(=O)NCC1(c2ccc(F)cc2)CC1)NCC1(c2ccc(F)cc2)CC1. The minimum absolute atomic E-state index is 0.125. The van der Waals surface area contributed by atoms with E-state index < -0.39 is 0 Å². The zero-order valence-electron chi connectivity index (χ0n) is 17.3. The van der Waals surface area contributed by atoms with Crippen LogP contribution in [0, 0.1) is 11.6 Å². The average molecular weight is 428 g/mol. The summed E-state index contributed by atoms with van der Waals surface area (Å²) in [6.07, 6.45) is 3.77. The van der Waals surface area contributed by atoms with Crippen molar-refractivity contribution in [3.63, 3.8) is 0 Å². The molecule has 7 heteroatoms. The van der Waals surface area contributed by atoms with Gasteiger partial charge in [-0.25, -0.2) is 8.78 Å². The number of halogens is 2. The van der Waals surface area contributed by atoms with E-state index in [9.17, 15) is 18.4 Å². The molecule has 2 aliphatic rings. The van der Waals surface area contributed by atoms with Crippen LogP contribution in [-0.2, 0) is 25.2 Å². The fourth-order valence-electron chi connectivity index (χ4n) is 3.92. The summed E-state index contributed by atoms with van der Waals surface area (Å²) in [5.74, 6) is -1.13. The molecule has 2 aromatic rings. The van der Waals surface area contributed by atoms with Gasteiger partial charge in [0.1, 0.15) is 24.8 Å². The van der Waals surface area contributed by atoms with E-state index >= 15 is 0 Å². The van der Waals surface area contributed by atoms with Crippen molar-refractivity contribution in [1.82, 2.24) is 10.6 Å². The zero-order chi connectivity index (χ0) is 21.9. The fraction of sp³-hybridized carbons (Fsp3) is 0.417. The molecule has 0 atom stereocenters. The Balaban J connectivity index is 1.14. The highest BCUT2D eigenvalue weighted by Gasteiger charge is 2.45. The molecule has 0 heterocycles. The van der Waals surface area contributed by atoms with Gasteiger partial charge < -0.3 is 15.4 Å². The van der Waals surface area contributed by atoms with Crippen LogP contribution in [-0.4, -0.2) is 38.1 Å². The van der Waals surface area contributed by atoms with Crippen molar-refractivity contribution in [3.05, 3.63) is 71.3 Å². The van der Waals surface area contributed by atoms with Gasteiger partial charge in [0, 0.05) is 23.9 Å². The highest BCUT2D eigenvalue weighted by molar-refractivity contribution is 5.79. The normalized spacial score (nSPS) is 17.6. The van der Waals surface area contributed by atoms with E-state index in [1.54, 1.807) is 24.3 Å². The molecule has 0 unspecified atom stereocenters. The Morgan fingerprint density at radius 1 is 0.710 bits per heavy atom. The van der Waals surface area contributed by atoms with Crippen molar-refractivity contribution < 1.29 is 23.1 Å². The highest BCUT2D eigenvalue weighted by atomic mass is 19.1. The van der Waals surface area contributed by atoms with Crippen LogP contribution in [0.15, 0.2) is 48.5 Å². The number of nitrogens with one attached hydrogen (secondary N) is 2. The number of ether oxygens (including phenoxy) is 1. The van der Waals surface area contributed by atoms with Gasteiger partial charge in [-0.2, -0.15) is 0 Å². The molecule has 2 aromatic carbocycles. The second kappa shape index (κ2) is 8.75. The van der Waals surface area contributed by atoms with E-state index in [-0.39, 0.29) is 47.5 Å². The number of hydrogen-bond donors (Lipinski definition) is 2. The molecule has 2 amide bonds. The number of carbonyl (C=O) groups is 2. The Labute approximate surface area is 180 Å². The maximum absolute atomic E-state index is 13.1. The summed E-state index contributed by atoms with van der Waals surface area (Å²) in [5, 5.41) is 5.69. The van der Waals surface area contributed by atoms with Crippen LogP contribution in [0.25, 0.3) is 0 Å². The maximum Gasteiger partial charge on any atom is 0.246 e. The van der Waals surface area contributed by atoms with Gasteiger partial charge in [0.05, 0.1) is 0 Å². The van der Waals surface area contributed by atoms with Crippen molar-refractivity contribution >= 4 is 11.8 Å². The second-order valence-corrected chi connectivity index (χ2v) is 8.62. The summed E-state index contributed by atoms with van der Waals surface area (Å²) < 4.78 is 31.5. The lowest BCUT2D eigenvalue weighted by molar-refractivity contribution is -0.131. The largest absolute Gasteiger partial charge is 0.362 e. The smallest absolute Gasteiger partial charge is 0.246 e. The van der Waals surface area contributed by atoms with Gasteiger partial charge in [0.15, 0.2) is 0 Å². The molecule has 0 aromatic heterocycles. The number of benzene rings is 2. The summed E-state index contributed by atoms with van der Waals surface area (Å²) in [6, 6.07) is 12.8. The fourth-order valence-corrected chi connectivity index (χ4v) is 3.92. The molecule has 0 spiro atoms. The van der Waals surface area contributed by atoms with Crippen molar-refractivity contribution in [1.29, 1.82) is 0 Å². The quantitative estimate of drug-likeness (QED) is 0.612. The number of rotatable bonds is 10. The van der Waals surface area contributed by atoms with Crippen LogP contribution >= 0.6 is 0 Å². The third-order valence-electron chi connectivity index (χ3n) is 6.33. The molecule has 0 radical (unpaired) electrons. The molecule has 2 saturated carbocycles. The van der Waals surface area contributed by atoms with Crippen LogP contribution in [0.2, 0.25) is 0 Å². The molecule has 31 heavy (non-hydrogen) atoms. The Morgan fingerprint density at radius 2 is 1.06 bits per heavy atom. The first-order valence-corrected chi connectivity index (χ1v) is 10.5. The molecular formula is C24H26F2N2O3. The number of hydrogen-bond acceptors (Lipinski definition) is 3. The summed E-state index contributed by atoms with van der Waals surface area (Å²) in [7, 11) is 0. The van der Waals surface area contributed by atoms with Gasteiger partial charge in [-0.05, 0) is 61.1 Å². The molecule has 0 saturated heterocycles. The second-order valence-electron chi connectivity index (χ2n) is 8.62. The first-order valence-electron chi connectivity index (χ1n) is 10.5. The van der Waals surface area contributed by atoms with Crippen LogP contribution in [0.1, 0.15) is 36.8 Å². The monoisotopic (exact) mass is 428 g/mol. The molecule has 4 rings (SSSR count). The van der Waals surface area contributed by atoms with Gasteiger partial charge in [0.2, 0.25) is 11.8 Å². The molecule has 2 aliphatic carbocycles. The molecule has 2 fully saturated rings. The summed E-state index contributed by atoms with van der Waals surface area (Å²) in [6.45, 7) is 0.534. The van der Waals surface area contributed by atoms with Gasteiger partial charge in [-0.15, -0.1) is 0 Å². The lowest BCUT2D eigenvalue weighted by atomic mass is 9.96. The molecule has 5 nitrogen and oxygen atoms in total. The Bertz CT molecular complexity index is 859. The molecule has 164 valence electrons. The third-order valence-corrected chi connectivity index (χ3v) is 6.33. The van der Waals surface area contributed by atoms with E-state index in [0.717, 1.165) is 36.8 Å². The minimum atomic E-state index is -0.286. The average Bonchev–Trinajstić information content (AvgIpc) is 3.68. The van der Waals surface area contributed by atoms with Crippen LogP contribution in [0.3, 0.4) is 0 Å². The van der Waals surface area contributed by atoms with Gasteiger partial charge in [0.25, 0.3) is 0 Å². The van der Waals surface area contributed by atoms with E-state index in [1.807, 2.05) is 0 Å². The topological polar surface area (TPSA) is 67.4 Å². The van der Waals surface area contributed by atoms with E-state index in [0.29, 0.717) is 13.1 Å². The first-order chi connectivity index (χ1) is 14.9. The zero-order valence-corrected chi connectivity index (χ0v) is 17.3. The van der Waals surface area contributed by atoms with Gasteiger partial charge in [-0.3, -0.25) is 9.59 Å². The predicted molar refractivity (Wildman–Crippen MR) is 111 cm³/mol. The number of amides is 2. The van der Waals surface area contributed by atoms with E-state index in [4.69, 9.17) is 4.74 Å². The van der Waals surface area contributed by atoms with Gasteiger partial charge in [-0.1, -0.05) is 24.3 Å². The van der Waals surface area contributed by atoms with Crippen LogP contribution in [0.4, 0.5) is 8.78 Å². The molecular weight excluding hydrogens is 402 g/mol. The van der Waals surface area contributed by atoms with Crippen molar-refractivity contribution in [2.75, 3.05) is 26.3 Å². The predicted octanol–water partition coefficient (Wildman–Crippen LogP) is 2.98. The first kappa shape index (κ1) is 21.4. The van der Waals surface area contributed by atoms with Gasteiger partial charge >= 0.3 is 0 Å². The minimum Gasteiger partial charge on any atom is -0.362 e. The summed E-state index contributed by atoms with van der Waals surface area (Å²) in [5.41, 5.74) is 1.79. The summed E-state index contributed by atoms with van der Waals surface area (Å²) in [4.78, 5) is 24.1. The third kappa shape index (κ3) is 5.28. The Kier molecular flexibility index (Phi) is 6.05. The molecule has 0 bridgehead atoms. The van der Waals surface area contributed by atoms with Crippen molar-refractivity contribution in [3.8, 4) is 0 Å². The lowest BCUT2D eigenvalue weighted by Gasteiger charge is -2.17. The highest BCUT2D eigenvalue weighted by Crippen LogP contribution is 2.48. The maximum atomic E-state index is 13.1. The van der Waals surface area contributed by atoms with Crippen molar-refractivity contribution in [2.45, 2.75) is 36.5 Å². The Hall–Kier alpha value is -2.80. The molecule has 0 aliphatic heterocycles. The summed E-state index contributed by atoms with van der Waals surface area (Å²) >= 11 is 0. The number of carbonyl (C=O) groups excluding carboxylic acids is 2. The van der Waals surface area contributed by atoms with Crippen LogP contribution in [0.5, 0.6) is 0 Å². The Morgan fingerprint density at radius 3 is 1.39 bits per heavy atom. The van der Waals surface area contributed by atoms with Crippen LogP contribution < -0.4 is 10.6 Å². The van der Waals surface area contributed by atoms with E-state index in [1.165, 1.54) is 24.3 Å². The van der Waals surface area contributed by atoms with Crippen molar-refractivity contribution in [2.24, 2.45) is 0 Å². The molecule has 2 N–H and O–H groups in total. The lowest BCUT2D eigenvalue weighted by Crippen LogP contribution is -2.37. The van der Waals surface area contributed by atoms with E-state index in [2.05, 4.69) is 10.6 Å².